The lowest BCUT2D eigenvalue weighted by atomic mass is 10.1. The zero-order valence-electron chi connectivity index (χ0n) is 10.1. The average Bonchev–Trinajstić information content (AvgIpc) is 2.74. The first-order valence-electron chi connectivity index (χ1n) is 5.67. The Kier molecular flexibility index (Phi) is 4.30. The summed E-state index contributed by atoms with van der Waals surface area (Å²) in [7, 11) is 1.64. The van der Waals surface area contributed by atoms with Crippen LogP contribution in [0.1, 0.15) is 15.2 Å². The van der Waals surface area contributed by atoms with Gasteiger partial charge in [0, 0.05) is 24.9 Å². The molecule has 18 heavy (non-hydrogen) atoms. The standard InChI is InChI=1S/C13H15NO3S/c1-17-7-6-14-8-10-9-4-2-3-5-11(9)18-12(10)13(15)16/h2-5,14H,6-8H2,1H3,(H,15,16). The molecule has 2 rings (SSSR count). The van der Waals surface area contributed by atoms with Crippen LogP contribution in [0.2, 0.25) is 0 Å². The summed E-state index contributed by atoms with van der Waals surface area (Å²) in [6.45, 7) is 1.87. The predicted octanol–water partition coefficient (Wildman–Crippen LogP) is 2.34. The van der Waals surface area contributed by atoms with Crippen LogP contribution in [-0.2, 0) is 11.3 Å². The average molecular weight is 265 g/mol. The Balaban J connectivity index is 2.27. The van der Waals surface area contributed by atoms with Crippen molar-refractivity contribution in [3.05, 3.63) is 34.7 Å². The predicted molar refractivity (Wildman–Crippen MR) is 72.4 cm³/mol. The number of rotatable bonds is 6. The SMILES string of the molecule is COCCNCc1c(C(=O)O)sc2ccccc12. The molecule has 2 aromatic rings. The second-order valence-electron chi connectivity index (χ2n) is 3.88. The van der Waals surface area contributed by atoms with Crippen LogP contribution in [0.15, 0.2) is 24.3 Å². The summed E-state index contributed by atoms with van der Waals surface area (Å²) in [6.07, 6.45) is 0. The highest BCUT2D eigenvalue weighted by atomic mass is 32.1. The highest BCUT2D eigenvalue weighted by Gasteiger charge is 2.16. The third-order valence-electron chi connectivity index (χ3n) is 2.68. The molecule has 0 unspecified atom stereocenters. The first-order chi connectivity index (χ1) is 8.74. The molecule has 0 aliphatic carbocycles. The van der Waals surface area contributed by atoms with Crippen molar-refractivity contribution < 1.29 is 14.6 Å². The van der Waals surface area contributed by atoms with E-state index in [0.29, 0.717) is 24.6 Å². The van der Waals surface area contributed by atoms with E-state index < -0.39 is 5.97 Å². The maximum atomic E-state index is 11.2. The molecule has 0 bridgehead atoms. The van der Waals surface area contributed by atoms with Crippen molar-refractivity contribution in [2.24, 2.45) is 0 Å². The molecule has 0 spiro atoms. The van der Waals surface area contributed by atoms with Crippen molar-refractivity contribution in [3.63, 3.8) is 0 Å². The Morgan fingerprint density at radius 1 is 1.44 bits per heavy atom. The van der Waals surface area contributed by atoms with Gasteiger partial charge in [-0.25, -0.2) is 4.79 Å². The van der Waals surface area contributed by atoms with Crippen LogP contribution in [0.4, 0.5) is 0 Å². The van der Waals surface area contributed by atoms with Gasteiger partial charge in [-0.15, -0.1) is 11.3 Å². The van der Waals surface area contributed by atoms with Gasteiger partial charge in [-0.3, -0.25) is 0 Å². The Morgan fingerprint density at radius 2 is 2.22 bits per heavy atom. The molecule has 2 N–H and O–H groups in total. The number of carboxylic acid groups (broad SMARTS) is 1. The first kappa shape index (κ1) is 13.0. The highest BCUT2D eigenvalue weighted by molar-refractivity contribution is 7.21. The molecule has 96 valence electrons. The van der Waals surface area contributed by atoms with Gasteiger partial charge >= 0.3 is 5.97 Å². The smallest absolute Gasteiger partial charge is 0.346 e. The molecule has 4 nitrogen and oxygen atoms in total. The second-order valence-corrected chi connectivity index (χ2v) is 4.93. The monoisotopic (exact) mass is 265 g/mol. The lowest BCUT2D eigenvalue weighted by molar-refractivity contribution is 0.0701. The van der Waals surface area contributed by atoms with Crippen molar-refractivity contribution in [3.8, 4) is 0 Å². The van der Waals surface area contributed by atoms with Crippen LogP contribution in [0.5, 0.6) is 0 Å². The number of thiophene rings is 1. The minimum Gasteiger partial charge on any atom is -0.477 e. The zero-order valence-corrected chi connectivity index (χ0v) is 10.9. The minimum atomic E-state index is -0.861. The van der Waals surface area contributed by atoms with Crippen LogP contribution >= 0.6 is 11.3 Å². The number of hydrogen-bond acceptors (Lipinski definition) is 4. The fourth-order valence-corrected chi connectivity index (χ4v) is 2.90. The molecule has 0 radical (unpaired) electrons. The molecule has 0 amide bonds. The number of fused-ring (bicyclic) bond motifs is 1. The molecule has 1 heterocycles. The number of benzene rings is 1. The van der Waals surface area contributed by atoms with Gasteiger partial charge in [0.15, 0.2) is 0 Å². The topological polar surface area (TPSA) is 58.6 Å². The quantitative estimate of drug-likeness (QED) is 0.787. The van der Waals surface area contributed by atoms with Gasteiger partial charge in [-0.2, -0.15) is 0 Å². The third-order valence-corrected chi connectivity index (χ3v) is 3.88. The molecule has 0 saturated carbocycles. The van der Waals surface area contributed by atoms with Gasteiger partial charge in [-0.05, 0) is 17.0 Å². The van der Waals surface area contributed by atoms with Crippen LogP contribution in [-0.4, -0.2) is 31.3 Å². The lowest BCUT2D eigenvalue weighted by Gasteiger charge is -2.04. The number of carbonyl (C=O) groups is 1. The van der Waals surface area contributed by atoms with Gasteiger partial charge in [-0.1, -0.05) is 18.2 Å². The van der Waals surface area contributed by atoms with E-state index in [9.17, 15) is 9.90 Å². The van der Waals surface area contributed by atoms with Gasteiger partial charge < -0.3 is 15.2 Å². The number of carboxylic acids is 1. The summed E-state index contributed by atoms with van der Waals surface area (Å²) in [4.78, 5) is 11.7. The molecule has 0 aliphatic heterocycles. The van der Waals surface area contributed by atoms with Crippen LogP contribution in [0.25, 0.3) is 10.1 Å². The number of aromatic carboxylic acids is 1. The number of ether oxygens (including phenoxy) is 1. The van der Waals surface area contributed by atoms with Crippen molar-refractivity contribution >= 4 is 27.4 Å². The molecular formula is C13H15NO3S. The van der Waals surface area contributed by atoms with E-state index in [1.54, 1.807) is 7.11 Å². The fraction of sp³-hybridized carbons (Fsp3) is 0.308. The van der Waals surface area contributed by atoms with Crippen LogP contribution in [0, 0.1) is 0 Å². The summed E-state index contributed by atoms with van der Waals surface area (Å²) in [5.74, 6) is -0.861. The zero-order chi connectivity index (χ0) is 13.0. The Labute approximate surface area is 109 Å². The third kappa shape index (κ3) is 2.69. The van der Waals surface area contributed by atoms with Crippen LogP contribution < -0.4 is 5.32 Å². The normalized spacial score (nSPS) is 10.9. The number of hydrogen-bond donors (Lipinski definition) is 2. The maximum absolute atomic E-state index is 11.2. The fourth-order valence-electron chi connectivity index (χ4n) is 1.83. The van der Waals surface area contributed by atoms with E-state index in [4.69, 9.17) is 4.74 Å². The molecular weight excluding hydrogens is 250 g/mol. The van der Waals surface area contributed by atoms with E-state index in [2.05, 4.69) is 5.32 Å². The summed E-state index contributed by atoms with van der Waals surface area (Å²) >= 11 is 1.32. The molecule has 5 heteroatoms. The minimum absolute atomic E-state index is 0.418. The molecule has 1 aromatic carbocycles. The second kappa shape index (κ2) is 5.95. The summed E-state index contributed by atoms with van der Waals surface area (Å²) in [5, 5.41) is 13.4. The Morgan fingerprint density at radius 3 is 2.94 bits per heavy atom. The summed E-state index contributed by atoms with van der Waals surface area (Å²) in [5.41, 5.74) is 0.860. The van der Waals surface area contributed by atoms with E-state index in [1.807, 2.05) is 24.3 Å². The largest absolute Gasteiger partial charge is 0.477 e. The van der Waals surface area contributed by atoms with Gasteiger partial charge in [0.05, 0.1) is 6.61 Å². The van der Waals surface area contributed by atoms with E-state index in [0.717, 1.165) is 15.6 Å². The summed E-state index contributed by atoms with van der Waals surface area (Å²) < 4.78 is 5.96. The number of methoxy groups -OCH3 is 1. The number of nitrogens with one attached hydrogen (secondary N) is 1. The Hall–Kier alpha value is -1.43. The van der Waals surface area contributed by atoms with Gasteiger partial charge in [0.2, 0.25) is 0 Å². The lowest BCUT2D eigenvalue weighted by Crippen LogP contribution is -2.19. The van der Waals surface area contributed by atoms with Crippen LogP contribution in [0.3, 0.4) is 0 Å². The highest BCUT2D eigenvalue weighted by Crippen LogP contribution is 2.31. The molecule has 1 aromatic heterocycles. The van der Waals surface area contributed by atoms with Crippen molar-refractivity contribution in [2.75, 3.05) is 20.3 Å². The first-order valence-corrected chi connectivity index (χ1v) is 6.49. The van der Waals surface area contributed by atoms with E-state index in [-0.39, 0.29) is 0 Å². The van der Waals surface area contributed by atoms with Crippen molar-refractivity contribution in [2.45, 2.75) is 6.54 Å². The Bertz CT molecular complexity index is 550. The molecule has 0 fully saturated rings. The van der Waals surface area contributed by atoms with Crippen molar-refractivity contribution in [1.29, 1.82) is 0 Å². The molecule has 0 saturated heterocycles. The van der Waals surface area contributed by atoms with Gasteiger partial charge in [0.25, 0.3) is 0 Å². The summed E-state index contributed by atoms with van der Waals surface area (Å²) in [6, 6.07) is 7.77. The molecule has 0 aliphatic rings. The van der Waals surface area contributed by atoms with Gasteiger partial charge in [0.1, 0.15) is 4.88 Å². The molecule has 0 atom stereocenters. The van der Waals surface area contributed by atoms with E-state index >= 15 is 0 Å². The maximum Gasteiger partial charge on any atom is 0.346 e. The van der Waals surface area contributed by atoms with Crippen molar-refractivity contribution in [1.82, 2.24) is 5.32 Å². The van der Waals surface area contributed by atoms with E-state index in [1.165, 1.54) is 11.3 Å².